The van der Waals surface area contributed by atoms with E-state index in [0.717, 1.165) is 21.9 Å². The molecule has 0 aliphatic carbocycles. The Morgan fingerprint density at radius 1 is 0.789 bits per heavy atom. The Balaban J connectivity index is 2.34. The van der Waals surface area contributed by atoms with E-state index in [9.17, 15) is 5.11 Å². The fourth-order valence-electron chi connectivity index (χ4n) is 2.20. The van der Waals surface area contributed by atoms with E-state index in [1.165, 1.54) is 0 Å². The summed E-state index contributed by atoms with van der Waals surface area (Å²) >= 11 is 12.3. The van der Waals surface area contributed by atoms with Gasteiger partial charge >= 0.3 is 0 Å². The van der Waals surface area contributed by atoms with E-state index >= 15 is 0 Å². The Morgan fingerprint density at radius 2 is 1.58 bits per heavy atom. The van der Waals surface area contributed by atoms with Gasteiger partial charge in [0, 0.05) is 10.6 Å². The van der Waals surface area contributed by atoms with Gasteiger partial charge in [0.15, 0.2) is 0 Å². The third-order valence-electron chi connectivity index (χ3n) is 3.11. The number of hydrogen-bond acceptors (Lipinski definition) is 1. The molecule has 0 saturated carbocycles. The van der Waals surface area contributed by atoms with Crippen molar-refractivity contribution >= 4 is 34.0 Å². The molecule has 0 fully saturated rings. The van der Waals surface area contributed by atoms with Gasteiger partial charge in [-0.3, -0.25) is 0 Å². The molecule has 0 heterocycles. The molecule has 3 aromatic carbocycles. The molecule has 0 unspecified atom stereocenters. The van der Waals surface area contributed by atoms with Crippen molar-refractivity contribution in [3.63, 3.8) is 0 Å². The zero-order valence-electron chi connectivity index (χ0n) is 9.90. The first-order valence-corrected chi connectivity index (χ1v) is 6.58. The molecule has 0 radical (unpaired) electrons. The first-order chi connectivity index (χ1) is 9.16. The quantitative estimate of drug-likeness (QED) is 0.625. The number of rotatable bonds is 1. The Bertz CT molecular complexity index is 766. The van der Waals surface area contributed by atoms with Crippen LogP contribution in [-0.4, -0.2) is 5.11 Å². The average molecular weight is 289 g/mol. The molecule has 0 aliphatic heterocycles. The van der Waals surface area contributed by atoms with E-state index in [1.807, 2.05) is 42.5 Å². The summed E-state index contributed by atoms with van der Waals surface area (Å²) in [7, 11) is 0. The van der Waals surface area contributed by atoms with Crippen molar-refractivity contribution < 1.29 is 5.11 Å². The second-order valence-electron chi connectivity index (χ2n) is 4.31. The molecule has 3 rings (SSSR count). The third-order valence-corrected chi connectivity index (χ3v) is 3.73. The van der Waals surface area contributed by atoms with Crippen molar-refractivity contribution in [1.29, 1.82) is 0 Å². The molecule has 0 bridgehead atoms. The predicted molar refractivity (Wildman–Crippen MR) is 81.1 cm³/mol. The van der Waals surface area contributed by atoms with E-state index in [4.69, 9.17) is 23.2 Å². The molecule has 0 saturated heterocycles. The number of fused-ring (bicyclic) bond motifs is 1. The van der Waals surface area contributed by atoms with E-state index in [0.29, 0.717) is 10.0 Å². The molecule has 3 aromatic rings. The molecule has 19 heavy (non-hydrogen) atoms. The van der Waals surface area contributed by atoms with Gasteiger partial charge in [0.2, 0.25) is 0 Å². The fraction of sp³-hybridized carbons (Fsp3) is 0. The number of hydrogen-bond donors (Lipinski definition) is 1. The molecule has 94 valence electrons. The molecule has 0 aromatic heterocycles. The number of aromatic hydroxyl groups is 1. The Hall–Kier alpha value is -1.70. The lowest BCUT2D eigenvalue weighted by Crippen LogP contribution is -1.83. The zero-order valence-corrected chi connectivity index (χ0v) is 11.4. The third kappa shape index (κ3) is 2.16. The van der Waals surface area contributed by atoms with Crippen molar-refractivity contribution in [3.8, 4) is 16.9 Å². The second kappa shape index (κ2) is 4.76. The molecule has 0 atom stereocenters. The van der Waals surface area contributed by atoms with Crippen LogP contribution >= 0.6 is 23.2 Å². The minimum Gasteiger partial charge on any atom is -0.506 e. The van der Waals surface area contributed by atoms with Crippen LogP contribution in [0, 0.1) is 0 Å². The number of phenolic OH excluding ortho intramolecular Hbond substituents is 1. The number of halogens is 2. The lowest BCUT2D eigenvalue weighted by atomic mass is 9.98. The van der Waals surface area contributed by atoms with Crippen molar-refractivity contribution in [2.45, 2.75) is 0 Å². The van der Waals surface area contributed by atoms with E-state index in [2.05, 4.69) is 0 Å². The fourth-order valence-corrected chi connectivity index (χ4v) is 2.66. The normalized spacial score (nSPS) is 10.8. The van der Waals surface area contributed by atoms with Crippen molar-refractivity contribution in [2.75, 3.05) is 0 Å². The first kappa shape index (κ1) is 12.3. The van der Waals surface area contributed by atoms with Gasteiger partial charge < -0.3 is 5.11 Å². The summed E-state index contributed by atoms with van der Waals surface area (Å²) in [6.45, 7) is 0. The Morgan fingerprint density at radius 3 is 2.37 bits per heavy atom. The van der Waals surface area contributed by atoms with Gasteiger partial charge in [-0.1, -0.05) is 59.6 Å². The van der Waals surface area contributed by atoms with Crippen LogP contribution in [0.3, 0.4) is 0 Å². The maximum absolute atomic E-state index is 9.51. The topological polar surface area (TPSA) is 20.2 Å². The minimum atomic E-state index is 0.0711. The molecule has 0 aliphatic rings. The first-order valence-electron chi connectivity index (χ1n) is 5.83. The van der Waals surface area contributed by atoms with Crippen molar-refractivity contribution in [2.24, 2.45) is 0 Å². The summed E-state index contributed by atoms with van der Waals surface area (Å²) in [5.41, 5.74) is 1.83. The van der Waals surface area contributed by atoms with Crippen LogP contribution in [0.2, 0.25) is 10.0 Å². The molecule has 0 amide bonds. The Labute approximate surface area is 121 Å². The molecule has 1 nitrogen and oxygen atoms in total. The van der Waals surface area contributed by atoms with Gasteiger partial charge in [-0.05, 0) is 34.5 Å². The van der Waals surface area contributed by atoms with Gasteiger partial charge in [-0.2, -0.15) is 0 Å². The SMILES string of the molecule is Oc1ccc(-c2c(Cl)ccc3ccccc23)cc1Cl. The van der Waals surface area contributed by atoms with Crippen LogP contribution in [0.5, 0.6) is 5.75 Å². The minimum absolute atomic E-state index is 0.0711. The highest BCUT2D eigenvalue weighted by Gasteiger charge is 2.10. The average Bonchev–Trinajstić information content (AvgIpc) is 2.42. The largest absolute Gasteiger partial charge is 0.506 e. The van der Waals surface area contributed by atoms with Crippen LogP contribution in [0.4, 0.5) is 0 Å². The highest BCUT2D eigenvalue weighted by atomic mass is 35.5. The lowest BCUT2D eigenvalue weighted by molar-refractivity contribution is 0.475. The van der Waals surface area contributed by atoms with Crippen LogP contribution in [0.25, 0.3) is 21.9 Å². The number of phenols is 1. The number of benzene rings is 3. The summed E-state index contributed by atoms with van der Waals surface area (Å²) in [5.74, 6) is 0.0711. The Kier molecular flexibility index (Phi) is 3.09. The molecular weight excluding hydrogens is 279 g/mol. The van der Waals surface area contributed by atoms with E-state index in [-0.39, 0.29) is 5.75 Å². The van der Waals surface area contributed by atoms with E-state index < -0.39 is 0 Å². The highest BCUT2D eigenvalue weighted by molar-refractivity contribution is 6.35. The summed E-state index contributed by atoms with van der Waals surface area (Å²) < 4.78 is 0. The van der Waals surface area contributed by atoms with Crippen LogP contribution in [-0.2, 0) is 0 Å². The zero-order chi connectivity index (χ0) is 13.4. The van der Waals surface area contributed by atoms with Gasteiger partial charge in [-0.15, -0.1) is 0 Å². The standard InChI is InChI=1S/C16H10Cl2O/c17-13-7-5-10-3-1-2-4-12(10)16(13)11-6-8-15(19)14(18)9-11/h1-9,19H. The monoisotopic (exact) mass is 288 g/mol. The summed E-state index contributed by atoms with van der Waals surface area (Å²) in [4.78, 5) is 0. The molecular formula is C16H10Cl2O. The lowest BCUT2D eigenvalue weighted by Gasteiger charge is -2.10. The van der Waals surface area contributed by atoms with E-state index in [1.54, 1.807) is 12.1 Å². The van der Waals surface area contributed by atoms with Crippen molar-refractivity contribution in [1.82, 2.24) is 0 Å². The van der Waals surface area contributed by atoms with Gasteiger partial charge in [0.1, 0.15) is 5.75 Å². The van der Waals surface area contributed by atoms with Gasteiger partial charge in [-0.25, -0.2) is 0 Å². The van der Waals surface area contributed by atoms with Gasteiger partial charge in [0.25, 0.3) is 0 Å². The maximum Gasteiger partial charge on any atom is 0.134 e. The highest BCUT2D eigenvalue weighted by Crippen LogP contribution is 2.37. The molecule has 3 heteroatoms. The van der Waals surface area contributed by atoms with Gasteiger partial charge in [0.05, 0.1) is 5.02 Å². The van der Waals surface area contributed by atoms with Crippen LogP contribution in [0.15, 0.2) is 54.6 Å². The summed E-state index contributed by atoms with van der Waals surface area (Å²) in [6, 6.07) is 17.0. The van der Waals surface area contributed by atoms with Crippen LogP contribution < -0.4 is 0 Å². The predicted octanol–water partition coefficient (Wildman–Crippen LogP) is 5.52. The van der Waals surface area contributed by atoms with Crippen molar-refractivity contribution in [3.05, 3.63) is 64.6 Å². The summed E-state index contributed by atoms with van der Waals surface area (Å²) in [6.07, 6.45) is 0. The summed E-state index contributed by atoms with van der Waals surface area (Å²) in [5, 5.41) is 12.7. The maximum atomic E-state index is 9.51. The smallest absolute Gasteiger partial charge is 0.134 e. The molecule has 0 spiro atoms. The van der Waals surface area contributed by atoms with Crippen LogP contribution in [0.1, 0.15) is 0 Å². The second-order valence-corrected chi connectivity index (χ2v) is 5.12. The molecule has 1 N–H and O–H groups in total.